The van der Waals surface area contributed by atoms with Crippen molar-refractivity contribution in [2.24, 2.45) is 5.84 Å². The van der Waals surface area contributed by atoms with E-state index in [4.69, 9.17) is 5.84 Å². The summed E-state index contributed by atoms with van der Waals surface area (Å²) in [5.74, 6) is 5.57. The molecule has 0 aromatic carbocycles. The van der Waals surface area contributed by atoms with Gasteiger partial charge < -0.3 is 0 Å². The van der Waals surface area contributed by atoms with E-state index in [2.05, 4.69) is 0 Å². The second-order valence-corrected chi connectivity index (χ2v) is 3.60. The van der Waals surface area contributed by atoms with Crippen molar-refractivity contribution in [2.45, 2.75) is 25.3 Å². The minimum Gasteiger partial charge on any atom is -0.298 e. The Labute approximate surface area is 77.4 Å². The summed E-state index contributed by atoms with van der Waals surface area (Å²) in [4.78, 5) is 1.73. The number of hydrogen-bond donors (Lipinski definition) is 1. The number of hydrogen-bond acceptors (Lipinski definition) is 3. The van der Waals surface area contributed by atoms with E-state index in [9.17, 15) is 8.78 Å². The monoisotopic (exact) mass is 193 g/mol. The molecule has 13 heavy (non-hydrogen) atoms. The maximum atomic E-state index is 12.0. The lowest BCUT2D eigenvalue weighted by Crippen LogP contribution is -2.47. The predicted octanol–water partition coefficient (Wildman–Crippen LogP) is 0.521. The van der Waals surface area contributed by atoms with Crippen LogP contribution in [0.4, 0.5) is 8.78 Å². The van der Waals surface area contributed by atoms with Crippen LogP contribution in [0.1, 0.15) is 12.8 Å². The van der Waals surface area contributed by atoms with Gasteiger partial charge in [-0.3, -0.25) is 10.7 Å². The highest BCUT2D eigenvalue weighted by Crippen LogP contribution is 2.13. The fourth-order valence-electron chi connectivity index (χ4n) is 1.69. The highest BCUT2D eigenvalue weighted by Gasteiger charge is 2.22. The summed E-state index contributed by atoms with van der Waals surface area (Å²) in [6.07, 6.45) is -0.458. The molecule has 0 amide bonds. The van der Waals surface area contributed by atoms with Crippen LogP contribution in [-0.4, -0.2) is 49.1 Å². The molecule has 5 heteroatoms. The molecule has 1 rings (SSSR count). The predicted molar refractivity (Wildman–Crippen MR) is 47.4 cm³/mol. The molecule has 0 unspecified atom stereocenters. The number of halogens is 2. The van der Waals surface area contributed by atoms with Crippen molar-refractivity contribution in [2.75, 3.05) is 26.7 Å². The molecule has 1 aliphatic heterocycles. The highest BCUT2D eigenvalue weighted by molar-refractivity contribution is 4.76. The molecule has 1 heterocycles. The number of nitrogens with zero attached hydrogens (tertiary/aromatic N) is 2. The first-order valence-electron chi connectivity index (χ1n) is 4.57. The molecule has 0 saturated carbocycles. The summed E-state index contributed by atoms with van der Waals surface area (Å²) in [5, 5.41) is 1.74. The largest absolute Gasteiger partial charge is 0.298 e. The summed E-state index contributed by atoms with van der Waals surface area (Å²) < 4.78 is 24.1. The van der Waals surface area contributed by atoms with Crippen LogP contribution < -0.4 is 5.84 Å². The molecule has 0 radical (unpaired) electrons. The summed E-state index contributed by atoms with van der Waals surface area (Å²) in [7, 11) is 1.75. The Morgan fingerprint density at radius 3 is 2.46 bits per heavy atom. The number of rotatable bonds is 3. The zero-order chi connectivity index (χ0) is 9.84. The van der Waals surface area contributed by atoms with Crippen LogP contribution in [0.2, 0.25) is 0 Å². The van der Waals surface area contributed by atoms with Gasteiger partial charge in [0.05, 0.1) is 6.54 Å². The van der Waals surface area contributed by atoms with Crippen molar-refractivity contribution in [3.63, 3.8) is 0 Å². The zero-order valence-corrected chi connectivity index (χ0v) is 7.92. The Balaban J connectivity index is 2.27. The summed E-state index contributed by atoms with van der Waals surface area (Å²) in [6, 6.07) is 0.272. The van der Waals surface area contributed by atoms with E-state index in [0.29, 0.717) is 0 Å². The van der Waals surface area contributed by atoms with Gasteiger partial charge in [-0.05, 0) is 19.9 Å². The van der Waals surface area contributed by atoms with Crippen molar-refractivity contribution < 1.29 is 8.78 Å². The molecule has 1 saturated heterocycles. The molecule has 0 bridgehead atoms. The zero-order valence-electron chi connectivity index (χ0n) is 7.92. The van der Waals surface area contributed by atoms with Gasteiger partial charge in [-0.1, -0.05) is 0 Å². The lowest BCUT2D eigenvalue weighted by atomic mass is 10.1. The van der Waals surface area contributed by atoms with Gasteiger partial charge in [-0.25, -0.2) is 13.8 Å². The molecule has 2 N–H and O–H groups in total. The van der Waals surface area contributed by atoms with Gasteiger partial charge in [0, 0.05) is 19.1 Å². The number of piperidine rings is 1. The van der Waals surface area contributed by atoms with Crippen LogP contribution >= 0.6 is 0 Å². The van der Waals surface area contributed by atoms with Gasteiger partial charge >= 0.3 is 0 Å². The number of alkyl halides is 2. The Bertz CT molecular complexity index is 146. The fraction of sp³-hybridized carbons (Fsp3) is 1.00. The SMILES string of the molecule is CN(CC(F)F)C1CCN(N)CC1. The molecule has 3 nitrogen and oxygen atoms in total. The molecular weight excluding hydrogens is 176 g/mol. The van der Waals surface area contributed by atoms with Crippen LogP contribution in [0.5, 0.6) is 0 Å². The van der Waals surface area contributed by atoms with Crippen molar-refractivity contribution in [1.29, 1.82) is 0 Å². The summed E-state index contributed by atoms with van der Waals surface area (Å²) >= 11 is 0. The first-order chi connectivity index (χ1) is 6.09. The Hall–Kier alpha value is -0.260. The molecular formula is C8H17F2N3. The normalized spacial score (nSPS) is 21.7. The standard InChI is InChI=1S/C8H17F2N3/c1-12(6-8(9)10)7-2-4-13(11)5-3-7/h7-8H,2-6,11H2,1H3. The molecule has 1 aliphatic rings. The van der Waals surface area contributed by atoms with E-state index in [-0.39, 0.29) is 12.6 Å². The van der Waals surface area contributed by atoms with Crippen LogP contribution in [0.25, 0.3) is 0 Å². The van der Waals surface area contributed by atoms with E-state index in [0.717, 1.165) is 25.9 Å². The number of hydrazine groups is 1. The molecule has 0 aliphatic carbocycles. The van der Waals surface area contributed by atoms with E-state index in [1.165, 1.54) is 0 Å². The molecule has 1 fully saturated rings. The van der Waals surface area contributed by atoms with Crippen LogP contribution in [-0.2, 0) is 0 Å². The van der Waals surface area contributed by atoms with E-state index < -0.39 is 6.43 Å². The molecule has 0 aromatic rings. The van der Waals surface area contributed by atoms with Gasteiger partial charge in [0.1, 0.15) is 0 Å². The average Bonchev–Trinajstić information content (AvgIpc) is 2.04. The first-order valence-corrected chi connectivity index (χ1v) is 4.57. The minimum absolute atomic E-state index is 0.130. The molecule has 0 aromatic heterocycles. The Kier molecular flexibility index (Phi) is 4.02. The summed E-state index contributed by atoms with van der Waals surface area (Å²) in [6.45, 7) is 1.48. The number of nitrogens with two attached hydrogens (primary N) is 1. The van der Waals surface area contributed by atoms with E-state index in [1.807, 2.05) is 0 Å². The molecule has 0 atom stereocenters. The lowest BCUT2D eigenvalue weighted by Gasteiger charge is -2.34. The van der Waals surface area contributed by atoms with Gasteiger partial charge in [-0.2, -0.15) is 0 Å². The molecule has 0 spiro atoms. The Morgan fingerprint density at radius 1 is 1.46 bits per heavy atom. The van der Waals surface area contributed by atoms with Crippen molar-refractivity contribution in [1.82, 2.24) is 9.91 Å². The quantitative estimate of drug-likeness (QED) is 0.663. The third-order valence-corrected chi connectivity index (χ3v) is 2.55. The van der Waals surface area contributed by atoms with E-state index in [1.54, 1.807) is 17.0 Å². The van der Waals surface area contributed by atoms with Crippen molar-refractivity contribution in [3.05, 3.63) is 0 Å². The second-order valence-electron chi connectivity index (χ2n) is 3.60. The third-order valence-electron chi connectivity index (χ3n) is 2.55. The van der Waals surface area contributed by atoms with Crippen LogP contribution in [0.3, 0.4) is 0 Å². The fourth-order valence-corrected chi connectivity index (χ4v) is 1.69. The van der Waals surface area contributed by atoms with E-state index >= 15 is 0 Å². The summed E-state index contributed by atoms with van der Waals surface area (Å²) in [5.41, 5.74) is 0. The topological polar surface area (TPSA) is 32.5 Å². The van der Waals surface area contributed by atoms with Crippen LogP contribution in [0.15, 0.2) is 0 Å². The molecule has 78 valence electrons. The average molecular weight is 193 g/mol. The maximum absolute atomic E-state index is 12.0. The van der Waals surface area contributed by atoms with Crippen molar-refractivity contribution >= 4 is 0 Å². The Morgan fingerprint density at radius 2 is 2.00 bits per heavy atom. The first kappa shape index (κ1) is 10.8. The van der Waals surface area contributed by atoms with Crippen LogP contribution in [0, 0.1) is 0 Å². The maximum Gasteiger partial charge on any atom is 0.251 e. The third kappa shape index (κ3) is 3.54. The minimum atomic E-state index is -2.24. The lowest BCUT2D eigenvalue weighted by molar-refractivity contribution is 0.0576. The van der Waals surface area contributed by atoms with Crippen molar-refractivity contribution in [3.8, 4) is 0 Å². The van der Waals surface area contributed by atoms with Gasteiger partial charge in [0.25, 0.3) is 6.43 Å². The van der Waals surface area contributed by atoms with Gasteiger partial charge in [-0.15, -0.1) is 0 Å². The highest BCUT2D eigenvalue weighted by atomic mass is 19.3. The smallest absolute Gasteiger partial charge is 0.251 e. The second kappa shape index (κ2) is 4.83. The van der Waals surface area contributed by atoms with Gasteiger partial charge in [0.2, 0.25) is 0 Å². The van der Waals surface area contributed by atoms with Gasteiger partial charge in [0.15, 0.2) is 0 Å².